The molecular formula is C13H12N2O4. The summed E-state index contributed by atoms with van der Waals surface area (Å²) in [7, 11) is 0. The van der Waals surface area contributed by atoms with Crippen molar-refractivity contribution in [2.24, 2.45) is 0 Å². The minimum absolute atomic E-state index is 0.136. The SMILES string of the molecule is CC(=O)c1[nH]c(=O)n(-c2ccc(C(=O)O)cc2)c1C. The highest BCUT2D eigenvalue weighted by Crippen LogP contribution is 2.13. The minimum Gasteiger partial charge on any atom is -0.478 e. The molecule has 1 heterocycles. The lowest BCUT2D eigenvalue weighted by molar-refractivity contribution is 0.0696. The second kappa shape index (κ2) is 4.56. The molecule has 98 valence electrons. The summed E-state index contributed by atoms with van der Waals surface area (Å²) in [6.07, 6.45) is 0. The first-order valence-corrected chi connectivity index (χ1v) is 5.58. The summed E-state index contributed by atoms with van der Waals surface area (Å²) in [5, 5.41) is 8.81. The molecule has 0 amide bonds. The number of nitrogens with zero attached hydrogens (tertiary/aromatic N) is 1. The summed E-state index contributed by atoms with van der Waals surface area (Å²) in [4.78, 5) is 36.4. The highest BCUT2D eigenvalue weighted by atomic mass is 16.4. The third kappa shape index (κ3) is 2.20. The van der Waals surface area contributed by atoms with E-state index in [0.29, 0.717) is 11.4 Å². The van der Waals surface area contributed by atoms with Crippen molar-refractivity contribution in [3.05, 3.63) is 51.7 Å². The first-order valence-electron chi connectivity index (χ1n) is 5.58. The number of carbonyl (C=O) groups excluding carboxylic acids is 1. The maximum Gasteiger partial charge on any atom is 0.335 e. The third-order valence-electron chi connectivity index (χ3n) is 2.86. The van der Waals surface area contributed by atoms with Crippen LogP contribution in [0.2, 0.25) is 0 Å². The van der Waals surface area contributed by atoms with Crippen LogP contribution < -0.4 is 5.69 Å². The smallest absolute Gasteiger partial charge is 0.335 e. The van der Waals surface area contributed by atoms with Gasteiger partial charge in [0.2, 0.25) is 0 Å². The van der Waals surface area contributed by atoms with Crippen LogP contribution in [0.3, 0.4) is 0 Å². The quantitative estimate of drug-likeness (QED) is 0.815. The molecular weight excluding hydrogens is 248 g/mol. The molecule has 0 aliphatic heterocycles. The van der Waals surface area contributed by atoms with E-state index in [-0.39, 0.29) is 17.0 Å². The summed E-state index contributed by atoms with van der Waals surface area (Å²) >= 11 is 0. The zero-order chi connectivity index (χ0) is 14.2. The Kier molecular flexibility index (Phi) is 3.08. The molecule has 0 saturated heterocycles. The van der Waals surface area contributed by atoms with E-state index in [9.17, 15) is 14.4 Å². The summed E-state index contributed by atoms with van der Waals surface area (Å²) in [6.45, 7) is 3.02. The first kappa shape index (κ1) is 12.8. The van der Waals surface area contributed by atoms with Crippen molar-refractivity contribution >= 4 is 11.8 Å². The van der Waals surface area contributed by atoms with Crippen molar-refractivity contribution in [1.29, 1.82) is 0 Å². The number of nitrogens with one attached hydrogen (secondary N) is 1. The Morgan fingerprint density at radius 2 is 1.79 bits per heavy atom. The number of imidazole rings is 1. The molecule has 0 aliphatic carbocycles. The predicted molar refractivity (Wildman–Crippen MR) is 68.1 cm³/mol. The number of hydrogen-bond acceptors (Lipinski definition) is 3. The highest BCUT2D eigenvalue weighted by Gasteiger charge is 2.14. The van der Waals surface area contributed by atoms with Gasteiger partial charge in [0.15, 0.2) is 5.78 Å². The Hall–Kier alpha value is -2.63. The number of aromatic amines is 1. The van der Waals surface area contributed by atoms with E-state index >= 15 is 0 Å². The van der Waals surface area contributed by atoms with Crippen LogP contribution in [0.25, 0.3) is 5.69 Å². The number of benzene rings is 1. The Morgan fingerprint density at radius 3 is 2.21 bits per heavy atom. The van der Waals surface area contributed by atoms with Crippen LogP contribution in [-0.4, -0.2) is 26.4 Å². The number of carboxylic acids is 1. The van der Waals surface area contributed by atoms with Crippen LogP contribution >= 0.6 is 0 Å². The first-order chi connectivity index (χ1) is 8.91. The number of H-pyrrole nitrogens is 1. The number of aromatic nitrogens is 2. The van der Waals surface area contributed by atoms with E-state index in [1.54, 1.807) is 6.92 Å². The molecule has 0 aliphatic rings. The van der Waals surface area contributed by atoms with E-state index in [1.807, 2.05) is 0 Å². The Balaban J connectivity index is 2.56. The fourth-order valence-corrected chi connectivity index (χ4v) is 1.92. The molecule has 6 heteroatoms. The van der Waals surface area contributed by atoms with Gasteiger partial charge in [-0.2, -0.15) is 0 Å². The number of carboxylic acid groups (broad SMARTS) is 1. The molecule has 2 N–H and O–H groups in total. The fourth-order valence-electron chi connectivity index (χ4n) is 1.92. The van der Waals surface area contributed by atoms with Gasteiger partial charge in [0.1, 0.15) is 5.69 Å². The lowest BCUT2D eigenvalue weighted by atomic mass is 10.2. The molecule has 2 aromatic rings. The number of ketones is 1. The van der Waals surface area contributed by atoms with Crippen LogP contribution in [0.5, 0.6) is 0 Å². The lowest BCUT2D eigenvalue weighted by Crippen LogP contribution is -2.15. The highest BCUT2D eigenvalue weighted by molar-refractivity contribution is 5.93. The van der Waals surface area contributed by atoms with Crippen molar-refractivity contribution < 1.29 is 14.7 Å². The Morgan fingerprint density at radius 1 is 1.21 bits per heavy atom. The molecule has 6 nitrogen and oxygen atoms in total. The van der Waals surface area contributed by atoms with E-state index in [0.717, 1.165) is 0 Å². The molecule has 0 bridgehead atoms. The van der Waals surface area contributed by atoms with Crippen LogP contribution in [-0.2, 0) is 0 Å². The molecule has 19 heavy (non-hydrogen) atoms. The predicted octanol–water partition coefficient (Wildman–Crippen LogP) is 1.37. The van der Waals surface area contributed by atoms with Crippen molar-refractivity contribution in [1.82, 2.24) is 9.55 Å². The van der Waals surface area contributed by atoms with Crippen LogP contribution in [0.15, 0.2) is 29.1 Å². The van der Waals surface area contributed by atoms with Gasteiger partial charge in [-0.05, 0) is 31.2 Å². The third-order valence-corrected chi connectivity index (χ3v) is 2.86. The normalized spacial score (nSPS) is 10.4. The number of carbonyl (C=O) groups is 2. The van der Waals surface area contributed by atoms with Crippen molar-refractivity contribution in [3.8, 4) is 5.69 Å². The van der Waals surface area contributed by atoms with E-state index < -0.39 is 11.7 Å². The molecule has 0 spiro atoms. The maximum atomic E-state index is 11.8. The van der Waals surface area contributed by atoms with Gasteiger partial charge in [0.05, 0.1) is 16.9 Å². The second-order valence-corrected chi connectivity index (χ2v) is 4.13. The zero-order valence-corrected chi connectivity index (χ0v) is 10.4. The van der Waals surface area contributed by atoms with Gasteiger partial charge in [-0.1, -0.05) is 0 Å². The molecule has 0 atom stereocenters. The summed E-state index contributed by atoms with van der Waals surface area (Å²) in [5.41, 5.74) is 0.978. The monoisotopic (exact) mass is 260 g/mol. The van der Waals surface area contributed by atoms with Gasteiger partial charge >= 0.3 is 11.7 Å². The molecule has 0 fully saturated rings. The topological polar surface area (TPSA) is 92.2 Å². The van der Waals surface area contributed by atoms with Crippen LogP contribution in [0.4, 0.5) is 0 Å². The fraction of sp³-hybridized carbons (Fsp3) is 0.154. The second-order valence-electron chi connectivity index (χ2n) is 4.13. The number of Topliss-reactive ketones (excluding diaryl/α,β-unsaturated/α-hetero) is 1. The van der Waals surface area contributed by atoms with Gasteiger partial charge in [0, 0.05) is 6.92 Å². The molecule has 0 saturated carbocycles. The zero-order valence-electron chi connectivity index (χ0n) is 10.4. The van der Waals surface area contributed by atoms with Gasteiger partial charge in [-0.25, -0.2) is 9.59 Å². The van der Waals surface area contributed by atoms with Gasteiger partial charge in [0.25, 0.3) is 0 Å². The lowest BCUT2D eigenvalue weighted by Gasteiger charge is -2.04. The van der Waals surface area contributed by atoms with Crippen molar-refractivity contribution in [3.63, 3.8) is 0 Å². The number of aromatic carboxylic acids is 1. The largest absolute Gasteiger partial charge is 0.478 e. The molecule has 2 rings (SSSR count). The maximum absolute atomic E-state index is 11.8. The molecule has 1 aromatic heterocycles. The van der Waals surface area contributed by atoms with Crippen molar-refractivity contribution in [2.45, 2.75) is 13.8 Å². The summed E-state index contributed by atoms with van der Waals surface area (Å²) in [6, 6.07) is 5.86. The molecule has 0 unspecified atom stereocenters. The average Bonchev–Trinajstić information content (AvgIpc) is 2.65. The van der Waals surface area contributed by atoms with Gasteiger partial charge in [-0.15, -0.1) is 0 Å². The average molecular weight is 260 g/mol. The number of rotatable bonds is 3. The minimum atomic E-state index is -1.03. The molecule has 1 aromatic carbocycles. The van der Waals surface area contributed by atoms with E-state index in [2.05, 4.69) is 4.98 Å². The summed E-state index contributed by atoms with van der Waals surface area (Å²) < 4.78 is 1.34. The van der Waals surface area contributed by atoms with Crippen molar-refractivity contribution in [2.75, 3.05) is 0 Å². The summed E-state index contributed by atoms with van der Waals surface area (Å²) in [5.74, 6) is -1.26. The Labute approximate surface area is 108 Å². The van der Waals surface area contributed by atoms with Crippen LogP contribution in [0.1, 0.15) is 33.5 Å². The van der Waals surface area contributed by atoms with Gasteiger partial charge < -0.3 is 10.1 Å². The molecule has 0 radical (unpaired) electrons. The van der Waals surface area contributed by atoms with Gasteiger partial charge in [-0.3, -0.25) is 9.36 Å². The number of hydrogen-bond donors (Lipinski definition) is 2. The Bertz CT molecular complexity index is 707. The van der Waals surface area contributed by atoms with Crippen LogP contribution in [0, 0.1) is 6.92 Å². The standard InChI is InChI=1S/C13H12N2O4/c1-7-11(8(2)16)14-13(19)15(7)10-5-3-9(4-6-10)12(17)18/h3-6H,1-2H3,(H,14,19)(H,17,18). The van der Waals surface area contributed by atoms with E-state index in [1.165, 1.54) is 35.8 Å². The van der Waals surface area contributed by atoms with E-state index in [4.69, 9.17) is 5.11 Å².